The highest BCUT2D eigenvalue weighted by Crippen LogP contribution is 2.43. The highest BCUT2D eigenvalue weighted by molar-refractivity contribution is 7.84. The normalized spacial score (nSPS) is 30.8. The van der Waals surface area contributed by atoms with E-state index in [4.69, 9.17) is 4.74 Å². The molecule has 3 nitrogen and oxygen atoms in total. The molecule has 0 amide bonds. The monoisotopic (exact) mass is 259 g/mol. The van der Waals surface area contributed by atoms with Crippen molar-refractivity contribution in [3.8, 4) is 0 Å². The summed E-state index contributed by atoms with van der Waals surface area (Å²) in [6.07, 6.45) is 9.79. The maximum Gasteiger partial charge on any atom is 0.0708 e. The zero-order chi connectivity index (χ0) is 12.3. The van der Waals surface area contributed by atoms with Crippen LogP contribution in [-0.4, -0.2) is 40.5 Å². The third kappa shape index (κ3) is 3.52. The summed E-state index contributed by atoms with van der Waals surface area (Å²) in [5, 5.41) is 3.63. The summed E-state index contributed by atoms with van der Waals surface area (Å²) in [4.78, 5) is 0. The van der Waals surface area contributed by atoms with E-state index in [-0.39, 0.29) is 10.9 Å². The Labute approximate surface area is 107 Å². The van der Waals surface area contributed by atoms with Gasteiger partial charge in [0, 0.05) is 35.4 Å². The van der Waals surface area contributed by atoms with E-state index in [1.165, 1.54) is 38.5 Å². The molecule has 0 aromatic heterocycles. The van der Waals surface area contributed by atoms with E-state index in [1.54, 1.807) is 6.26 Å². The lowest BCUT2D eigenvalue weighted by molar-refractivity contribution is -0.0349. The topological polar surface area (TPSA) is 38.3 Å². The van der Waals surface area contributed by atoms with E-state index < -0.39 is 10.8 Å². The number of ether oxygens (including phenoxy) is 1. The third-order valence-corrected chi connectivity index (χ3v) is 5.52. The van der Waals surface area contributed by atoms with Crippen molar-refractivity contribution in [2.45, 2.75) is 62.4 Å². The van der Waals surface area contributed by atoms with Crippen LogP contribution in [-0.2, 0) is 15.5 Å². The van der Waals surface area contributed by atoms with Crippen LogP contribution in [0, 0.1) is 0 Å². The van der Waals surface area contributed by atoms with Crippen LogP contribution in [0.25, 0.3) is 0 Å². The van der Waals surface area contributed by atoms with Gasteiger partial charge in [-0.2, -0.15) is 0 Å². The van der Waals surface area contributed by atoms with Crippen molar-refractivity contribution in [3.63, 3.8) is 0 Å². The molecule has 0 bridgehead atoms. The van der Waals surface area contributed by atoms with Crippen molar-refractivity contribution in [2.24, 2.45) is 0 Å². The Morgan fingerprint density at radius 3 is 2.76 bits per heavy atom. The second kappa shape index (κ2) is 5.81. The van der Waals surface area contributed by atoms with Gasteiger partial charge in [0.05, 0.1) is 11.7 Å². The molecular weight excluding hydrogens is 234 g/mol. The average Bonchev–Trinajstić information content (AvgIpc) is 2.90. The minimum Gasteiger partial charge on any atom is -0.370 e. The molecular formula is C13H25NO2S. The number of nitrogens with one attached hydrogen (secondary N) is 1. The maximum absolute atomic E-state index is 11.2. The van der Waals surface area contributed by atoms with Gasteiger partial charge in [0.25, 0.3) is 0 Å². The van der Waals surface area contributed by atoms with Gasteiger partial charge in [0.2, 0.25) is 0 Å². The van der Waals surface area contributed by atoms with Gasteiger partial charge in [-0.05, 0) is 32.6 Å². The van der Waals surface area contributed by atoms with Crippen LogP contribution < -0.4 is 5.32 Å². The first-order valence-electron chi connectivity index (χ1n) is 6.82. The molecule has 1 aliphatic carbocycles. The quantitative estimate of drug-likeness (QED) is 0.818. The SMILES string of the molecule is CC(CNCC1CCC2(CCCC2)O1)S(C)=O. The van der Waals surface area contributed by atoms with Gasteiger partial charge in [0.1, 0.15) is 0 Å². The van der Waals surface area contributed by atoms with E-state index in [0.29, 0.717) is 6.10 Å². The molecule has 1 heterocycles. The van der Waals surface area contributed by atoms with E-state index in [9.17, 15) is 4.21 Å². The molecule has 1 saturated carbocycles. The van der Waals surface area contributed by atoms with Gasteiger partial charge in [-0.3, -0.25) is 4.21 Å². The fraction of sp³-hybridized carbons (Fsp3) is 1.00. The lowest BCUT2D eigenvalue weighted by Gasteiger charge is -2.24. The molecule has 100 valence electrons. The number of hydrogen-bond donors (Lipinski definition) is 1. The molecule has 0 aromatic carbocycles. The summed E-state index contributed by atoms with van der Waals surface area (Å²) in [7, 11) is -0.725. The van der Waals surface area contributed by atoms with Crippen molar-refractivity contribution in [3.05, 3.63) is 0 Å². The van der Waals surface area contributed by atoms with Gasteiger partial charge >= 0.3 is 0 Å². The Morgan fingerprint density at radius 1 is 1.41 bits per heavy atom. The van der Waals surface area contributed by atoms with Gasteiger partial charge in [0.15, 0.2) is 0 Å². The van der Waals surface area contributed by atoms with Crippen molar-refractivity contribution in [1.82, 2.24) is 5.32 Å². The molecule has 0 aromatic rings. The fourth-order valence-electron chi connectivity index (χ4n) is 2.99. The summed E-state index contributed by atoms with van der Waals surface area (Å²) in [6, 6.07) is 0. The van der Waals surface area contributed by atoms with Gasteiger partial charge < -0.3 is 10.1 Å². The first-order chi connectivity index (χ1) is 8.11. The zero-order valence-electron chi connectivity index (χ0n) is 11.0. The Kier molecular flexibility index (Phi) is 4.61. The highest BCUT2D eigenvalue weighted by Gasteiger charge is 2.41. The molecule has 4 heteroatoms. The zero-order valence-corrected chi connectivity index (χ0v) is 11.9. The van der Waals surface area contributed by atoms with Crippen molar-refractivity contribution in [1.29, 1.82) is 0 Å². The Hall–Kier alpha value is 0.0700. The highest BCUT2D eigenvalue weighted by atomic mass is 32.2. The largest absolute Gasteiger partial charge is 0.370 e. The van der Waals surface area contributed by atoms with Crippen LogP contribution in [0.4, 0.5) is 0 Å². The van der Waals surface area contributed by atoms with Crippen LogP contribution in [0.3, 0.4) is 0 Å². The summed E-state index contributed by atoms with van der Waals surface area (Å²) in [6.45, 7) is 3.77. The molecule has 1 saturated heterocycles. The van der Waals surface area contributed by atoms with Gasteiger partial charge in [-0.15, -0.1) is 0 Å². The summed E-state index contributed by atoms with van der Waals surface area (Å²) in [5.41, 5.74) is 0.242. The molecule has 3 unspecified atom stereocenters. The molecule has 1 N–H and O–H groups in total. The Balaban J connectivity index is 1.66. The predicted octanol–water partition coefficient (Wildman–Crippen LogP) is 1.83. The summed E-state index contributed by atoms with van der Waals surface area (Å²) < 4.78 is 17.4. The molecule has 3 atom stereocenters. The molecule has 17 heavy (non-hydrogen) atoms. The first kappa shape index (κ1) is 13.5. The van der Waals surface area contributed by atoms with Crippen LogP contribution in [0.1, 0.15) is 45.4 Å². The third-order valence-electron chi connectivity index (χ3n) is 4.22. The fourth-order valence-corrected chi connectivity index (χ4v) is 3.34. The minimum atomic E-state index is -0.725. The second-order valence-corrected chi connectivity index (χ2v) is 7.44. The predicted molar refractivity (Wildman–Crippen MR) is 71.7 cm³/mol. The first-order valence-corrected chi connectivity index (χ1v) is 8.44. The molecule has 2 aliphatic rings. The van der Waals surface area contributed by atoms with Gasteiger partial charge in [-0.25, -0.2) is 0 Å². The molecule has 2 fully saturated rings. The van der Waals surface area contributed by atoms with Crippen molar-refractivity contribution in [2.75, 3.05) is 19.3 Å². The number of hydrogen-bond acceptors (Lipinski definition) is 3. The summed E-state index contributed by atoms with van der Waals surface area (Å²) in [5.74, 6) is 0. The van der Waals surface area contributed by atoms with E-state index in [0.717, 1.165) is 13.1 Å². The van der Waals surface area contributed by atoms with E-state index in [2.05, 4.69) is 5.32 Å². The van der Waals surface area contributed by atoms with E-state index >= 15 is 0 Å². The van der Waals surface area contributed by atoms with Crippen LogP contribution >= 0.6 is 0 Å². The average molecular weight is 259 g/mol. The Bertz CT molecular complexity index is 277. The number of rotatable bonds is 5. The summed E-state index contributed by atoms with van der Waals surface area (Å²) >= 11 is 0. The molecule has 2 rings (SSSR count). The van der Waals surface area contributed by atoms with Crippen LogP contribution in [0.2, 0.25) is 0 Å². The lowest BCUT2D eigenvalue weighted by atomic mass is 9.98. The minimum absolute atomic E-state index is 0.233. The molecule has 0 radical (unpaired) electrons. The van der Waals surface area contributed by atoms with Crippen molar-refractivity contribution < 1.29 is 8.95 Å². The lowest BCUT2D eigenvalue weighted by Crippen LogP contribution is -2.35. The molecule has 1 aliphatic heterocycles. The van der Waals surface area contributed by atoms with Crippen LogP contribution in [0.5, 0.6) is 0 Å². The Morgan fingerprint density at radius 2 is 2.12 bits per heavy atom. The van der Waals surface area contributed by atoms with Crippen molar-refractivity contribution >= 4 is 10.8 Å². The van der Waals surface area contributed by atoms with E-state index in [1.807, 2.05) is 6.92 Å². The van der Waals surface area contributed by atoms with Crippen LogP contribution in [0.15, 0.2) is 0 Å². The smallest absolute Gasteiger partial charge is 0.0708 e. The van der Waals surface area contributed by atoms with Gasteiger partial charge in [-0.1, -0.05) is 12.8 Å². The molecule has 1 spiro atoms. The standard InChI is InChI=1S/C13H25NO2S/c1-11(17(2)15)9-14-10-12-5-8-13(16-12)6-3-4-7-13/h11-12,14H,3-10H2,1-2H3. The maximum atomic E-state index is 11.2. The second-order valence-electron chi connectivity index (χ2n) is 5.64.